The van der Waals surface area contributed by atoms with E-state index < -0.39 is 0 Å². The van der Waals surface area contributed by atoms with Crippen LogP contribution in [0.3, 0.4) is 0 Å². The predicted molar refractivity (Wildman–Crippen MR) is 76.6 cm³/mol. The van der Waals surface area contributed by atoms with E-state index in [9.17, 15) is 4.79 Å². The summed E-state index contributed by atoms with van der Waals surface area (Å²) >= 11 is 0. The van der Waals surface area contributed by atoms with Gasteiger partial charge >= 0.3 is 0 Å². The maximum Gasteiger partial charge on any atom is 0.166 e. The van der Waals surface area contributed by atoms with Gasteiger partial charge in [0.15, 0.2) is 5.78 Å². The van der Waals surface area contributed by atoms with Crippen LogP contribution in [0.15, 0.2) is 18.2 Å². The van der Waals surface area contributed by atoms with Crippen molar-refractivity contribution >= 4 is 5.78 Å². The molecule has 3 aliphatic rings. The predicted octanol–water partition coefficient (Wildman–Crippen LogP) is 2.82. The Hall–Kier alpha value is -1.19. The van der Waals surface area contributed by atoms with Gasteiger partial charge in [0.2, 0.25) is 0 Å². The molecular weight excluding hydrogens is 250 g/mol. The Morgan fingerprint density at radius 1 is 1.25 bits per heavy atom. The molecule has 1 saturated heterocycles. The number of hydrogen-bond acceptors (Lipinski definition) is 3. The van der Waals surface area contributed by atoms with E-state index in [1.54, 1.807) is 0 Å². The Balaban J connectivity index is 1.54. The van der Waals surface area contributed by atoms with Crippen molar-refractivity contribution in [1.29, 1.82) is 0 Å². The molecule has 1 atom stereocenters. The number of fused-ring (bicyclic) bond motifs is 1. The first-order chi connectivity index (χ1) is 9.76. The molecule has 106 valence electrons. The number of ether oxygens (including phenoxy) is 1. The lowest BCUT2D eigenvalue weighted by Gasteiger charge is -2.46. The minimum Gasteiger partial charge on any atom is -0.375 e. The Labute approximate surface area is 119 Å². The molecule has 4 rings (SSSR count). The second-order valence-corrected chi connectivity index (χ2v) is 6.53. The topological polar surface area (TPSA) is 38.3 Å². The molecule has 2 aliphatic heterocycles. The molecule has 0 bridgehead atoms. The van der Waals surface area contributed by atoms with Gasteiger partial charge in [-0.15, -0.1) is 0 Å². The highest BCUT2D eigenvalue weighted by atomic mass is 16.5. The molecule has 0 amide bonds. The van der Waals surface area contributed by atoms with Crippen LogP contribution < -0.4 is 5.32 Å². The lowest BCUT2D eigenvalue weighted by atomic mass is 9.70. The van der Waals surface area contributed by atoms with Crippen LogP contribution in [0.1, 0.15) is 53.6 Å². The highest BCUT2D eigenvalue weighted by Gasteiger charge is 2.44. The zero-order valence-corrected chi connectivity index (χ0v) is 11.8. The van der Waals surface area contributed by atoms with Crippen LogP contribution >= 0.6 is 0 Å². The zero-order chi connectivity index (χ0) is 13.6. The van der Waals surface area contributed by atoms with Crippen molar-refractivity contribution in [1.82, 2.24) is 5.32 Å². The van der Waals surface area contributed by atoms with E-state index in [2.05, 4.69) is 17.4 Å². The number of benzene rings is 1. The second kappa shape index (κ2) is 4.68. The van der Waals surface area contributed by atoms with Crippen molar-refractivity contribution in [3.63, 3.8) is 0 Å². The van der Waals surface area contributed by atoms with Crippen molar-refractivity contribution in [2.45, 2.75) is 50.8 Å². The maximum absolute atomic E-state index is 12.8. The first-order valence-electron chi connectivity index (χ1n) is 7.77. The van der Waals surface area contributed by atoms with Crippen molar-refractivity contribution in [3.05, 3.63) is 34.9 Å². The van der Waals surface area contributed by atoms with E-state index >= 15 is 0 Å². The highest BCUT2D eigenvalue weighted by molar-refractivity contribution is 5.98. The van der Waals surface area contributed by atoms with Crippen LogP contribution in [0, 0.1) is 5.92 Å². The van der Waals surface area contributed by atoms with Crippen molar-refractivity contribution < 1.29 is 9.53 Å². The number of Topliss-reactive ketones (excluding diaryl/α,β-unsaturated/α-hetero) is 1. The summed E-state index contributed by atoms with van der Waals surface area (Å²) in [7, 11) is 0. The summed E-state index contributed by atoms with van der Waals surface area (Å²) in [5.74, 6) is 0.491. The number of nitrogens with one attached hydrogen (secondary N) is 1. The Morgan fingerprint density at radius 2 is 2.10 bits per heavy atom. The van der Waals surface area contributed by atoms with Crippen molar-refractivity contribution in [3.8, 4) is 0 Å². The fourth-order valence-corrected chi connectivity index (χ4v) is 3.85. The largest absolute Gasteiger partial charge is 0.375 e. The summed E-state index contributed by atoms with van der Waals surface area (Å²) in [5.41, 5.74) is 3.58. The number of carbonyl (C=O) groups is 1. The van der Waals surface area contributed by atoms with Crippen LogP contribution in [0.2, 0.25) is 0 Å². The maximum atomic E-state index is 12.8. The first kappa shape index (κ1) is 12.5. The minimum absolute atomic E-state index is 0.0524. The molecule has 1 aromatic carbocycles. The molecule has 1 aromatic rings. The van der Waals surface area contributed by atoms with Gasteiger partial charge in [0.25, 0.3) is 0 Å². The fourth-order valence-electron chi connectivity index (χ4n) is 3.85. The third-order valence-electron chi connectivity index (χ3n) is 5.25. The molecule has 20 heavy (non-hydrogen) atoms. The molecule has 1 saturated carbocycles. The Morgan fingerprint density at radius 3 is 2.90 bits per heavy atom. The van der Waals surface area contributed by atoms with Crippen molar-refractivity contribution in [2.24, 2.45) is 5.92 Å². The van der Waals surface area contributed by atoms with E-state index in [-0.39, 0.29) is 11.5 Å². The molecule has 0 radical (unpaired) electrons. The first-order valence-corrected chi connectivity index (χ1v) is 7.77. The van der Waals surface area contributed by atoms with Gasteiger partial charge in [0.05, 0.1) is 5.60 Å². The van der Waals surface area contributed by atoms with Crippen LogP contribution in [-0.4, -0.2) is 18.0 Å². The lowest BCUT2D eigenvalue weighted by Crippen LogP contribution is -2.47. The zero-order valence-electron chi connectivity index (χ0n) is 11.8. The number of rotatable bonds is 2. The van der Waals surface area contributed by atoms with Crippen LogP contribution in [0.25, 0.3) is 0 Å². The molecule has 1 aliphatic carbocycles. The summed E-state index contributed by atoms with van der Waals surface area (Å²) in [4.78, 5) is 12.8. The molecule has 1 spiro atoms. The summed E-state index contributed by atoms with van der Waals surface area (Å²) < 4.78 is 5.93. The summed E-state index contributed by atoms with van der Waals surface area (Å²) in [5, 5.41) is 3.33. The summed E-state index contributed by atoms with van der Waals surface area (Å²) in [6, 6.07) is 6.22. The highest BCUT2D eigenvalue weighted by Crippen LogP contribution is 2.44. The third-order valence-corrected chi connectivity index (χ3v) is 5.25. The van der Waals surface area contributed by atoms with Crippen LogP contribution in [0.4, 0.5) is 0 Å². The van der Waals surface area contributed by atoms with Crippen LogP contribution in [-0.2, 0) is 17.8 Å². The third kappa shape index (κ3) is 2.00. The van der Waals surface area contributed by atoms with E-state index in [1.807, 2.05) is 6.07 Å². The molecule has 1 N–H and O–H groups in total. The number of hydrogen-bond donors (Lipinski definition) is 1. The molecule has 1 unspecified atom stereocenters. The lowest BCUT2D eigenvalue weighted by molar-refractivity contribution is -0.137. The van der Waals surface area contributed by atoms with Gasteiger partial charge in [-0.3, -0.25) is 4.79 Å². The average molecular weight is 271 g/mol. The van der Waals surface area contributed by atoms with E-state index in [0.29, 0.717) is 5.78 Å². The second-order valence-electron chi connectivity index (χ2n) is 6.53. The Kier molecular flexibility index (Phi) is 2.93. The van der Waals surface area contributed by atoms with Gasteiger partial charge < -0.3 is 10.1 Å². The number of ketones is 1. The van der Waals surface area contributed by atoms with Gasteiger partial charge in [-0.25, -0.2) is 0 Å². The fraction of sp³-hybridized carbons (Fsp3) is 0.588. The van der Waals surface area contributed by atoms with Crippen molar-refractivity contribution in [2.75, 3.05) is 6.61 Å². The SMILES string of the molecule is O=C(c1ccc2c(c1)CNC2)C1CCOC2(CCC2)C1. The molecule has 2 fully saturated rings. The van der Waals surface area contributed by atoms with Gasteiger partial charge in [-0.2, -0.15) is 0 Å². The standard InChI is InChI=1S/C17H21NO2/c19-16(12-2-3-14-10-18-11-15(14)8-12)13-4-7-20-17(9-13)5-1-6-17/h2-3,8,13,18H,1,4-7,9-11H2. The Bertz CT molecular complexity index is 548. The molecule has 3 nitrogen and oxygen atoms in total. The summed E-state index contributed by atoms with van der Waals surface area (Å²) in [6.45, 7) is 2.58. The van der Waals surface area contributed by atoms with E-state index in [0.717, 1.165) is 50.9 Å². The molecule has 2 heterocycles. The minimum atomic E-state index is 0.0524. The normalized spacial score (nSPS) is 27.1. The molecule has 3 heteroatoms. The molecular formula is C17H21NO2. The van der Waals surface area contributed by atoms with Gasteiger partial charge in [-0.1, -0.05) is 12.1 Å². The smallest absolute Gasteiger partial charge is 0.166 e. The monoisotopic (exact) mass is 271 g/mol. The van der Waals surface area contributed by atoms with Gasteiger partial charge in [0, 0.05) is 31.2 Å². The summed E-state index contributed by atoms with van der Waals surface area (Å²) in [6.07, 6.45) is 5.36. The van der Waals surface area contributed by atoms with E-state index in [4.69, 9.17) is 4.74 Å². The van der Waals surface area contributed by atoms with E-state index in [1.165, 1.54) is 17.5 Å². The molecule has 0 aromatic heterocycles. The number of carbonyl (C=O) groups excluding carboxylic acids is 1. The van der Waals surface area contributed by atoms with Gasteiger partial charge in [-0.05, 0) is 49.3 Å². The van der Waals surface area contributed by atoms with Gasteiger partial charge in [0.1, 0.15) is 0 Å². The van der Waals surface area contributed by atoms with Crippen LogP contribution in [0.5, 0.6) is 0 Å². The average Bonchev–Trinajstić information content (AvgIpc) is 2.92. The quantitative estimate of drug-likeness (QED) is 0.841.